The largest absolute Gasteiger partial charge is 0.507 e. The summed E-state index contributed by atoms with van der Waals surface area (Å²) in [5.41, 5.74) is 0.543. The van der Waals surface area contributed by atoms with Gasteiger partial charge in [0.2, 0.25) is 17.7 Å². The molecule has 3 aliphatic heterocycles. The normalized spacial score (nSPS) is 25.0. The van der Waals surface area contributed by atoms with Crippen LogP contribution < -0.4 is 20.7 Å². The van der Waals surface area contributed by atoms with Gasteiger partial charge in [-0.1, -0.05) is 12.1 Å². The smallest absolute Gasteiger partial charge is 0.255 e. The first-order chi connectivity index (χ1) is 18.5. The van der Waals surface area contributed by atoms with Crippen LogP contribution in [0, 0.1) is 0 Å². The summed E-state index contributed by atoms with van der Waals surface area (Å²) in [7, 11) is 0. The molecule has 39 heavy (non-hydrogen) atoms. The number of aliphatic hydroxyl groups excluding tert-OH is 2. The van der Waals surface area contributed by atoms with Crippen LogP contribution in [-0.2, 0) is 20.8 Å². The number of hydrogen-bond acceptors (Lipinski definition) is 8. The van der Waals surface area contributed by atoms with Crippen molar-refractivity contribution in [1.29, 1.82) is 0 Å². The van der Waals surface area contributed by atoms with Crippen LogP contribution in [0.25, 0.3) is 0 Å². The van der Waals surface area contributed by atoms with E-state index in [0.717, 1.165) is 5.56 Å². The van der Waals surface area contributed by atoms with Crippen LogP contribution in [0.2, 0.25) is 0 Å². The summed E-state index contributed by atoms with van der Waals surface area (Å²) in [5.74, 6) is -2.39. The van der Waals surface area contributed by atoms with Crippen LogP contribution in [-0.4, -0.2) is 87.3 Å². The summed E-state index contributed by atoms with van der Waals surface area (Å²) < 4.78 is 5.82. The van der Waals surface area contributed by atoms with Gasteiger partial charge < -0.3 is 40.9 Å². The van der Waals surface area contributed by atoms with Crippen molar-refractivity contribution in [3.63, 3.8) is 0 Å². The predicted octanol–water partition coefficient (Wildman–Crippen LogP) is -0.197. The number of aromatic hydroxyl groups is 1. The monoisotopic (exact) mass is 540 g/mol. The van der Waals surface area contributed by atoms with Gasteiger partial charge in [0.25, 0.3) is 5.91 Å². The molecule has 5 atom stereocenters. The second-order valence-electron chi connectivity index (χ2n) is 9.84. The molecule has 5 rings (SSSR count). The average Bonchev–Trinajstić information content (AvgIpc) is 3.33. The number of fused-ring (bicyclic) bond motifs is 11. The molecule has 4 bridgehead atoms. The summed E-state index contributed by atoms with van der Waals surface area (Å²) in [5, 5.41) is 37.9. The Bertz CT molecular complexity index is 1250. The van der Waals surface area contributed by atoms with Gasteiger partial charge in [-0.15, -0.1) is 0 Å². The lowest BCUT2D eigenvalue weighted by molar-refractivity contribution is -0.137. The number of amides is 4. The second-order valence-corrected chi connectivity index (χ2v) is 9.84. The number of nitrogens with zero attached hydrogens (tertiary/aromatic N) is 1. The third-order valence-corrected chi connectivity index (χ3v) is 6.70. The lowest BCUT2D eigenvalue weighted by Gasteiger charge is -2.27. The molecule has 12 nitrogen and oxygen atoms in total. The van der Waals surface area contributed by atoms with Gasteiger partial charge in [-0.25, -0.2) is 0 Å². The summed E-state index contributed by atoms with van der Waals surface area (Å²) in [6, 6.07) is 7.29. The van der Waals surface area contributed by atoms with Crippen molar-refractivity contribution in [2.24, 2.45) is 0 Å². The Morgan fingerprint density at radius 2 is 1.72 bits per heavy atom. The Morgan fingerprint density at radius 3 is 2.36 bits per heavy atom. The van der Waals surface area contributed by atoms with Gasteiger partial charge >= 0.3 is 0 Å². The summed E-state index contributed by atoms with van der Waals surface area (Å²) in [6.07, 6.45) is -1.39. The molecule has 4 amide bonds. The first-order valence-corrected chi connectivity index (χ1v) is 12.7. The number of rotatable bonds is 2. The summed E-state index contributed by atoms with van der Waals surface area (Å²) in [4.78, 5) is 53.7. The lowest BCUT2D eigenvalue weighted by atomic mass is 10.0. The molecule has 1 saturated heterocycles. The first kappa shape index (κ1) is 27.9. The van der Waals surface area contributed by atoms with Crippen LogP contribution in [0.15, 0.2) is 42.5 Å². The highest BCUT2D eigenvalue weighted by Gasteiger charge is 2.34. The Hall–Kier alpha value is -4.16. The number of phenols is 1. The fourth-order valence-corrected chi connectivity index (χ4v) is 4.48. The number of benzene rings is 2. The van der Waals surface area contributed by atoms with E-state index in [0.29, 0.717) is 18.7 Å². The molecule has 1 fully saturated rings. The maximum atomic E-state index is 13.3. The fraction of sp³-hybridized carbons (Fsp3) is 0.407. The number of ether oxygens (including phenoxy) is 1. The number of carbonyl (C=O) groups is 4. The predicted molar refractivity (Wildman–Crippen MR) is 138 cm³/mol. The highest BCUT2D eigenvalue weighted by Crippen LogP contribution is 2.28. The van der Waals surface area contributed by atoms with E-state index in [4.69, 9.17) is 4.74 Å². The molecule has 0 unspecified atom stereocenters. The molecule has 208 valence electrons. The number of aliphatic hydroxyl groups is 2. The maximum Gasteiger partial charge on any atom is 0.255 e. The van der Waals surface area contributed by atoms with E-state index in [9.17, 15) is 34.5 Å². The number of β-amino-alcohol motifs (C(OH)–C–C–N with tert-alkyl or cyclic N) is 1. The third-order valence-electron chi connectivity index (χ3n) is 6.70. The van der Waals surface area contributed by atoms with Crippen LogP contribution in [0.5, 0.6) is 17.2 Å². The SMILES string of the molecule is C[C@@H]1NC(=O)[C@H]([C@@H](C)O)NC(=O)c2cc(ccc2O)Oc2ccc(cc2)C[C@@H](C(=O)N2CC[C@@H](O)C2)NC1=O. The van der Waals surface area contributed by atoms with E-state index in [1.54, 1.807) is 24.3 Å². The average molecular weight is 541 g/mol. The molecular formula is C27H32N4O8. The van der Waals surface area contributed by atoms with E-state index in [-0.39, 0.29) is 35.9 Å². The molecule has 6 N–H and O–H groups in total. The van der Waals surface area contributed by atoms with E-state index in [1.807, 2.05) is 0 Å². The minimum atomic E-state index is -1.45. The van der Waals surface area contributed by atoms with E-state index >= 15 is 0 Å². The first-order valence-electron chi connectivity index (χ1n) is 12.7. The van der Waals surface area contributed by atoms with Crippen molar-refractivity contribution in [3.05, 3.63) is 53.6 Å². The maximum absolute atomic E-state index is 13.3. The summed E-state index contributed by atoms with van der Waals surface area (Å²) in [6.45, 7) is 3.22. The van der Waals surface area contributed by atoms with Gasteiger partial charge in [0.05, 0.1) is 17.8 Å². The van der Waals surface area contributed by atoms with Gasteiger partial charge in [-0.05, 0) is 56.2 Å². The highest BCUT2D eigenvalue weighted by molar-refractivity contribution is 6.00. The molecule has 12 heteroatoms. The fourth-order valence-electron chi connectivity index (χ4n) is 4.48. The van der Waals surface area contributed by atoms with Crippen LogP contribution in [0.4, 0.5) is 0 Å². The Kier molecular flexibility index (Phi) is 8.36. The summed E-state index contributed by atoms with van der Waals surface area (Å²) >= 11 is 0. The number of hydrogen-bond donors (Lipinski definition) is 6. The van der Waals surface area contributed by atoms with Crippen molar-refractivity contribution in [2.45, 2.75) is 57.0 Å². The molecule has 0 radical (unpaired) electrons. The van der Waals surface area contributed by atoms with E-state index in [2.05, 4.69) is 16.0 Å². The lowest BCUT2D eigenvalue weighted by Crippen LogP contribution is -2.58. The van der Waals surface area contributed by atoms with Crippen molar-refractivity contribution in [2.75, 3.05) is 13.1 Å². The van der Waals surface area contributed by atoms with Crippen molar-refractivity contribution in [1.82, 2.24) is 20.9 Å². The molecule has 0 aliphatic carbocycles. The molecule has 2 aromatic carbocycles. The number of likely N-dealkylation sites (tertiary alicyclic amines) is 1. The number of phenolic OH excluding ortho intramolecular Hbond substituents is 1. The second kappa shape index (κ2) is 11.7. The zero-order valence-corrected chi connectivity index (χ0v) is 21.6. The number of carbonyl (C=O) groups excluding carboxylic acids is 4. The van der Waals surface area contributed by atoms with Crippen LogP contribution in [0.3, 0.4) is 0 Å². The minimum absolute atomic E-state index is 0.147. The van der Waals surface area contributed by atoms with E-state index < -0.39 is 48.1 Å². The standard InChI is InChI=1S/C27H32N4O8/c1-14-24(35)29-21(27(38)31-10-9-17(33)13-31)11-16-3-5-18(6-4-16)39-19-7-8-22(34)20(12-19)25(36)30-23(15(2)32)26(37)28-14/h3-8,12,14-15,17,21,23,32-34H,9-11,13H2,1-2H3,(H,28,37)(H,29,35)(H,30,36)/t14-,15+,17+,21-,23-/m0/s1. The molecule has 3 heterocycles. The van der Waals surface area contributed by atoms with Gasteiger partial charge in [-0.2, -0.15) is 0 Å². The minimum Gasteiger partial charge on any atom is -0.507 e. The van der Waals surface area contributed by atoms with Crippen molar-refractivity contribution < 1.29 is 39.2 Å². The van der Waals surface area contributed by atoms with Gasteiger partial charge in [0.1, 0.15) is 35.4 Å². The Balaban J connectivity index is 1.68. The zero-order chi connectivity index (χ0) is 28.3. The van der Waals surface area contributed by atoms with Gasteiger partial charge in [0.15, 0.2) is 0 Å². The molecular weight excluding hydrogens is 508 g/mol. The van der Waals surface area contributed by atoms with Gasteiger partial charge in [0, 0.05) is 19.5 Å². The number of nitrogens with one attached hydrogen (secondary N) is 3. The molecule has 0 aromatic heterocycles. The van der Waals surface area contributed by atoms with Crippen molar-refractivity contribution >= 4 is 23.6 Å². The Labute approximate surface area is 225 Å². The third kappa shape index (κ3) is 6.65. The molecule has 0 spiro atoms. The zero-order valence-electron chi connectivity index (χ0n) is 21.6. The van der Waals surface area contributed by atoms with Crippen LogP contribution in [0.1, 0.15) is 36.2 Å². The van der Waals surface area contributed by atoms with E-state index in [1.165, 1.54) is 36.9 Å². The molecule has 2 aromatic rings. The quantitative estimate of drug-likeness (QED) is 0.284. The van der Waals surface area contributed by atoms with Crippen LogP contribution >= 0.6 is 0 Å². The van der Waals surface area contributed by atoms with Crippen molar-refractivity contribution in [3.8, 4) is 17.2 Å². The topological polar surface area (TPSA) is 178 Å². The molecule has 3 aliphatic rings. The Morgan fingerprint density at radius 1 is 1.03 bits per heavy atom. The van der Waals surface area contributed by atoms with Gasteiger partial charge in [-0.3, -0.25) is 19.2 Å². The highest BCUT2D eigenvalue weighted by atomic mass is 16.5. The molecule has 0 saturated carbocycles.